The molecular formula is C31H44N2O. The molecule has 2 aromatic rings. The fourth-order valence-corrected chi connectivity index (χ4v) is 6.17. The fraction of sp³-hybridized carbons (Fsp3) is 0.581. The molecule has 3 heteroatoms. The first kappa shape index (κ1) is 25.0. The highest BCUT2D eigenvalue weighted by Gasteiger charge is 2.43. The molecule has 34 heavy (non-hydrogen) atoms. The van der Waals surface area contributed by atoms with E-state index in [2.05, 4.69) is 81.2 Å². The van der Waals surface area contributed by atoms with E-state index in [0.717, 1.165) is 37.4 Å². The zero-order valence-electron chi connectivity index (χ0n) is 21.9. The highest BCUT2D eigenvalue weighted by Crippen LogP contribution is 2.39. The Bertz CT molecular complexity index is 928. The molecule has 1 amide bonds. The monoisotopic (exact) mass is 460 g/mol. The molecule has 1 heterocycles. The first-order valence-corrected chi connectivity index (χ1v) is 13.4. The quantitative estimate of drug-likeness (QED) is 0.510. The maximum atomic E-state index is 13.3. The van der Waals surface area contributed by atoms with Gasteiger partial charge in [0, 0.05) is 19.1 Å². The molecule has 3 nitrogen and oxygen atoms in total. The number of likely N-dealkylation sites (tertiary alicyclic amines) is 1. The van der Waals surface area contributed by atoms with E-state index in [9.17, 15) is 4.79 Å². The lowest BCUT2D eigenvalue weighted by atomic mass is 9.86. The van der Waals surface area contributed by atoms with Crippen molar-refractivity contribution in [2.75, 3.05) is 19.6 Å². The molecule has 1 saturated carbocycles. The minimum Gasteiger partial charge on any atom is -0.352 e. The number of rotatable bonds is 8. The van der Waals surface area contributed by atoms with Gasteiger partial charge in [-0.1, -0.05) is 89.2 Å². The minimum atomic E-state index is -0.0672. The van der Waals surface area contributed by atoms with E-state index >= 15 is 0 Å². The van der Waals surface area contributed by atoms with Crippen molar-refractivity contribution >= 4 is 5.91 Å². The molecule has 0 spiro atoms. The van der Waals surface area contributed by atoms with Crippen molar-refractivity contribution in [1.29, 1.82) is 0 Å². The van der Waals surface area contributed by atoms with Gasteiger partial charge < -0.3 is 10.2 Å². The zero-order valence-corrected chi connectivity index (χ0v) is 21.9. The lowest BCUT2D eigenvalue weighted by molar-refractivity contribution is -0.124. The van der Waals surface area contributed by atoms with Gasteiger partial charge in [-0.3, -0.25) is 4.79 Å². The van der Waals surface area contributed by atoms with Crippen LogP contribution in [0.1, 0.15) is 76.5 Å². The van der Waals surface area contributed by atoms with Crippen LogP contribution in [0.25, 0.3) is 0 Å². The highest BCUT2D eigenvalue weighted by molar-refractivity contribution is 5.84. The van der Waals surface area contributed by atoms with Gasteiger partial charge in [0.25, 0.3) is 0 Å². The Hall–Kier alpha value is -2.13. The van der Waals surface area contributed by atoms with E-state index in [1.165, 1.54) is 30.5 Å². The molecule has 0 radical (unpaired) electrons. The van der Waals surface area contributed by atoms with E-state index in [1.54, 1.807) is 0 Å². The van der Waals surface area contributed by atoms with Crippen LogP contribution in [0.3, 0.4) is 0 Å². The van der Waals surface area contributed by atoms with Crippen molar-refractivity contribution in [2.24, 2.45) is 17.8 Å². The number of benzene rings is 2. The molecule has 2 aromatic carbocycles. The van der Waals surface area contributed by atoms with Gasteiger partial charge in [-0.15, -0.1) is 0 Å². The molecule has 1 N–H and O–H groups in total. The molecule has 1 aliphatic carbocycles. The number of hydrogen-bond acceptors (Lipinski definition) is 2. The third-order valence-corrected chi connectivity index (χ3v) is 8.13. The van der Waals surface area contributed by atoms with Crippen LogP contribution in [0.15, 0.2) is 54.6 Å². The summed E-state index contributed by atoms with van der Waals surface area (Å²) in [5, 5.41) is 3.48. The van der Waals surface area contributed by atoms with Gasteiger partial charge in [-0.05, 0) is 72.1 Å². The Morgan fingerprint density at radius 3 is 2.35 bits per heavy atom. The van der Waals surface area contributed by atoms with Crippen molar-refractivity contribution in [2.45, 2.75) is 77.7 Å². The molecule has 184 valence electrons. The van der Waals surface area contributed by atoms with Crippen LogP contribution in [0.4, 0.5) is 0 Å². The predicted octanol–water partition coefficient (Wildman–Crippen LogP) is 6.18. The number of amides is 1. The van der Waals surface area contributed by atoms with Gasteiger partial charge in [0.15, 0.2) is 0 Å². The normalized spacial score (nSPS) is 23.8. The number of hydrogen-bond donors (Lipinski definition) is 1. The summed E-state index contributed by atoms with van der Waals surface area (Å²) < 4.78 is 0. The topological polar surface area (TPSA) is 32.3 Å². The second-order valence-corrected chi connectivity index (χ2v) is 12.1. The van der Waals surface area contributed by atoms with Crippen LogP contribution in [-0.2, 0) is 16.6 Å². The lowest BCUT2D eigenvalue weighted by Crippen LogP contribution is -2.43. The first-order chi connectivity index (χ1) is 16.2. The van der Waals surface area contributed by atoms with Crippen molar-refractivity contribution < 1.29 is 4.79 Å². The average molecular weight is 461 g/mol. The van der Waals surface area contributed by atoms with Crippen molar-refractivity contribution in [3.63, 3.8) is 0 Å². The third-order valence-electron chi connectivity index (χ3n) is 8.13. The summed E-state index contributed by atoms with van der Waals surface area (Å²) in [5.41, 5.74) is 4.20. The average Bonchev–Trinajstić information content (AvgIpc) is 3.35. The molecule has 2 fully saturated rings. The number of nitrogens with zero attached hydrogens (tertiary/aromatic N) is 1. The van der Waals surface area contributed by atoms with E-state index in [1.807, 2.05) is 18.2 Å². The summed E-state index contributed by atoms with van der Waals surface area (Å²) in [4.78, 5) is 15.9. The van der Waals surface area contributed by atoms with Crippen LogP contribution in [-0.4, -0.2) is 36.5 Å². The molecule has 1 saturated heterocycles. The minimum absolute atomic E-state index is 0.0672. The molecule has 2 aliphatic rings. The van der Waals surface area contributed by atoms with Crippen molar-refractivity contribution in [1.82, 2.24) is 10.2 Å². The number of carbonyl (C=O) groups excluding carboxylic acids is 1. The number of carbonyl (C=O) groups is 1. The standard InChI is InChI=1S/C31H44N2O/c1-22(2)29(24-11-7-6-8-12-24)30(34)32-28-18-15-25-20-33(21-27(25)28)19-9-10-23-13-16-26(17-14-23)31(3,4)5/h6-8,11-14,16-17,22,25,27-29H,9-10,15,18-21H2,1-5H3,(H,32,34)/t25-,27+,28+,29?/m1/s1. The summed E-state index contributed by atoms with van der Waals surface area (Å²) in [6.07, 6.45) is 4.73. The Labute approximate surface area is 207 Å². The second kappa shape index (κ2) is 10.6. The predicted molar refractivity (Wildman–Crippen MR) is 142 cm³/mol. The van der Waals surface area contributed by atoms with Crippen molar-refractivity contribution in [3.8, 4) is 0 Å². The maximum absolute atomic E-state index is 13.3. The summed E-state index contributed by atoms with van der Waals surface area (Å²) in [7, 11) is 0. The summed E-state index contributed by atoms with van der Waals surface area (Å²) in [5.74, 6) is 1.78. The summed E-state index contributed by atoms with van der Waals surface area (Å²) >= 11 is 0. The Balaban J connectivity index is 1.27. The van der Waals surface area contributed by atoms with Gasteiger partial charge >= 0.3 is 0 Å². The van der Waals surface area contributed by atoms with Crippen LogP contribution in [0, 0.1) is 17.8 Å². The molecule has 1 aliphatic heterocycles. The van der Waals surface area contributed by atoms with Crippen molar-refractivity contribution in [3.05, 3.63) is 71.3 Å². The van der Waals surface area contributed by atoms with Gasteiger partial charge in [0.2, 0.25) is 5.91 Å². The van der Waals surface area contributed by atoms with E-state index < -0.39 is 0 Å². The smallest absolute Gasteiger partial charge is 0.228 e. The SMILES string of the molecule is CC(C)C(C(=O)N[C@H]1CC[C@@H]2CN(CCCc3ccc(C(C)(C)C)cc3)C[C@@H]21)c1ccccc1. The molecule has 4 atom stereocenters. The molecule has 4 rings (SSSR count). The van der Waals surface area contributed by atoms with Gasteiger partial charge in [0.05, 0.1) is 5.92 Å². The Kier molecular flexibility index (Phi) is 7.82. The zero-order chi connectivity index (χ0) is 24.3. The van der Waals surface area contributed by atoms with Gasteiger partial charge in [-0.25, -0.2) is 0 Å². The van der Waals surface area contributed by atoms with Crippen LogP contribution in [0.2, 0.25) is 0 Å². The largest absolute Gasteiger partial charge is 0.352 e. The Morgan fingerprint density at radius 1 is 1.00 bits per heavy atom. The van der Waals surface area contributed by atoms with Gasteiger partial charge in [-0.2, -0.15) is 0 Å². The lowest BCUT2D eigenvalue weighted by Gasteiger charge is -2.26. The number of nitrogens with one attached hydrogen (secondary N) is 1. The molecule has 1 unspecified atom stereocenters. The summed E-state index contributed by atoms with van der Waals surface area (Å²) in [6.45, 7) is 14.6. The second-order valence-electron chi connectivity index (χ2n) is 12.1. The summed E-state index contributed by atoms with van der Waals surface area (Å²) in [6, 6.07) is 19.8. The van der Waals surface area contributed by atoms with Crippen LogP contribution < -0.4 is 5.32 Å². The van der Waals surface area contributed by atoms with Crippen LogP contribution >= 0.6 is 0 Å². The molecule has 0 bridgehead atoms. The van der Waals surface area contributed by atoms with Gasteiger partial charge in [0.1, 0.15) is 0 Å². The fourth-order valence-electron chi connectivity index (χ4n) is 6.17. The number of aryl methyl sites for hydroxylation is 1. The van der Waals surface area contributed by atoms with Crippen LogP contribution in [0.5, 0.6) is 0 Å². The first-order valence-electron chi connectivity index (χ1n) is 13.4. The highest BCUT2D eigenvalue weighted by atomic mass is 16.2. The third kappa shape index (κ3) is 5.92. The Morgan fingerprint density at radius 2 is 1.71 bits per heavy atom. The van der Waals surface area contributed by atoms with E-state index in [0.29, 0.717) is 12.0 Å². The van der Waals surface area contributed by atoms with E-state index in [-0.39, 0.29) is 23.2 Å². The maximum Gasteiger partial charge on any atom is 0.228 e. The van der Waals surface area contributed by atoms with E-state index in [4.69, 9.17) is 0 Å². The number of fused-ring (bicyclic) bond motifs is 1. The molecule has 0 aromatic heterocycles. The molecular weight excluding hydrogens is 416 g/mol.